The van der Waals surface area contributed by atoms with E-state index in [4.69, 9.17) is 0 Å². The van der Waals surface area contributed by atoms with Crippen molar-refractivity contribution < 1.29 is 23.1 Å². The van der Waals surface area contributed by atoms with Gasteiger partial charge >= 0.3 is 0 Å². The van der Waals surface area contributed by atoms with Crippen LogP contribution in [-0.4, -0.2) is 38.1 Å². The molecule has 0 spiro atoms. The molecule has 1 aliphatic rings. The summed E-state index contributed by atoms with van der Waals surface area (Å²) in [6.07, 6.45) is 4.35. The Hall–Kier alpha value is -3.39. The van der Waals surface area contributed by atoms with Crippen LogP contribution < -0.4 is 0 Å². The Labute approximate surface area is 196 Å². The molecule has 3 aromatic rings. The number of hydrogen-bond donors (Lipinski definition) is 1. The average molecular weight is 470 g/mol. The summed E-state index contributed by atoms with van der Waals surface area (Å²) < 4.78 is 43.7. The summed E-state index contributed by atoms with van der Waals surface area (Å²) >= 11 is 0. The SMILES string of the molecule is Cc1cn(-c2ccc(/C=C3\CC(C)CN([C@H](c4ccc(F)c(F)c4)[C@@H](C)O)C3=O)cc2F)cn1. The third-order valence-corrected chi connectivity index (χ3v) is 5.99. The van der Waals surface area contributed by atoms with E-state index >= 15 is 0 Å². The topological polar surface area (TPSA) is 58.4 Å². The van der Waals surface area contributed by atoms with Crippen molar-refractivity contribution in [3.8, 4) is 5.69 Å². The molecule has 0 saturated carbocycles. The van der Waals surface area contributed by atoms with Crippen LogP contribution in [0.1, 0.15) is 43.1 Å². The summed E-state index contributed by atoms with van der Waals surface area (Å²) in [7, 11) is 0. The first kappa shape index (κ1) is 23.8. The van der Waals surface area contributed by atoms with Gasteiger partial charge in [-0.3, -0.25) is 4.79 Å². The predicted molar refractivity (Wildman–Crippen MR) is 123 cm³/mol. The largest absolute Gasteiger partial charge is 0.391 e. The molecule has 8 heteroatoms. The quantitative estimate of drug-likeness (QED) is 0.537. The lowest BCUT2D eigenvalue weighted by Crippen LogP contribution is -2.46. The van der Waals surface area contributed by atoms with Gasteiger partial charge in [0.25, 0.3) is 0 Å². The number of amides is 1. The molecular formula is C26H26F3N3O2. The molecule has 3 atom stereocenters. The third-order valence-electron chi connectivity index (χ3n) is 5.99. The number of likely N-dealkylation sites (tertiary alicyclic amines) is 1. The Morgan fingerprint density at radius 2 is 1.88 bits per heavy atom. The third kappa shape index (κ3) is 4.77. The van der Waals surface area contributed by atoms with Gasteiger partial charge in [-0.05, 0) is 67.7 Å². The fourth-order valence-electron chi connectivity index (χ4n) is 4.48. The van der Waals surface area contributed by atoms with E-state index in [9.17, 15) is 23.1 Å². The highest BCUT2D eigenvalue weighted by Gasteiger charge is 2.36. The Morgan fingerprint density at radius 3 is 2.50 bits per heavy atom. The number of aliphatic hydroxyl groups excluding tert-OH is 1. The minimum atomic E-state index is -1.04. The maximum absolute atomic E-state index is 14.8. The number of carbonyl (C=O) groups excluding carboxylic acids is 1. The van der Waals surface area contributed by atoms with Crippen molar-refractivity contribution >= 4 is 12.0 Å². The number of nitrogens with zero attached hydrogens (tertiary/aromatic N) is 3. The van der Waals surface area contributed by atoms with Crippen LogP contribution in [0.15, 0.2) is 54.5 Å². The summed E-state index contributed by atoms with van der Waals surface area (Å²) in [5.41, 5.74) is 2.40. The minimum Gasteiger partial charge on any atom is -0.391 e. The van der Waals surface area contributed by atoms with E-state index < -0.39 is 29.6 Å². The number of aromatic nitrogens is 2. The zero-order chi connectivity index (χ0) is 24.6. The maximum atomic E-state index is 14.8. The fourth-order valence-corrected chi connectivity index (χ4v) is 4.48. The monoisotopic (exact) mass is 469 g/mol. The van der Waals surface area contributed by atoms with Crippen molar-refractivity contribution in [3.05, 3.63) is 88.8 Å². The zero-order valence-electron chi connectivity index (χ0n) is 19.2. The highest BCUT2D eigenvalue weighted by Crippen LogP contribution is 2.34. The molecule has 1 saturated heterocycles. The van der Waals surface area contributed by atoms with Gasteiger partial charge in [0.1, 0.15) is 5.82 Å². The van der Waals surface area contributed by atoms with E-state index in [2.05, 4.69) is 4.98 Å². The first-order chi connectivity index (χ1) is 16.1. The summed E-state index contributed by atoms with van der Waals surface area (Å²) in [6.45, 7) is 5.63. The molecule has 5 nitrogen and oxygen atoms in total. The molecular weight excluding hydrogens is 443 g/mol. The number of rotatable bonds is 5. The van der Waals surface area contributed by atoms with E-state index in [1.54, 1.807) is 29.0 Å². The van der Waals surface area contributed by atoms with Crippen molar-refractivity contribution in [3.63, 3.8) is 0 Å². The van der Waals surface area contributed by atoms with E-state index in [0.717, 1.165) is 17.8 Å². The first-order valence-electron chi connectivity index (χ1n) is 11.1. The number of benzene rings is 2. The first-order valence-corrected chi connectivity index (χ1v) is 11.1. The van der Waals surface area contributed by atoms with Gasteiger partial charge in [-0.15, -0.1) is 0 Å². The fraction of sp³-hybridized carbons (Fsp3) is 0.308. The summed E-state index contributed by atoms with van der Waals surface area (Å²) in [5.74, 6) is -2.77. The van der Waals surface area contributed by atoms with Gasteiger partial charge in [-0.25, -0.2) is 18.2 Å². The summed E-state index contributed by atoms with van der Waals surface area (Å²) in [6, 6.07) is 7.22. The van der Waals surface area contributed by atoms with Crippen LogP contribution in [-0.2, 0) is 4.79 Å². The Kier molecular flexibility index (Phi) is 6.61. The molecule has 1 N–H and O–H groups in total. The van der Waals surface area contributed by atoms with Gasteiger partial charge in [0, 0.05) is 18.3 Å². The number of imidazole rings is 1. The Bertz CT molecular complexity index is 1250. The van der Waals surface area contributed by atoms with E-state index in [0.29, 0.717) is 35.4 Å². The molecule has 1 aromatic heterocycles. The van der Waals surface area contributed by atoms with E-state index in [1.165, 1.54) is 30.3 Å². The molecule has 1 aliphatic heterocycles. The molecule has 34 heavy (non-hydrogen) atoms. The number of aliphatic hydroxyl groups is 1. The second-order valence-electron chi connectivity index (χ2n) is 8.93. The number of piperidine rings is 1. The molecule has 2 heterocycles. The molecule has 178 valence electrons. The van der Waals surface area contributed by atoms with Gasteiger partial charge in [-0.2, -0.15) is 0 Å². The molecule has 0 bridgehead atoms. The van der Waals surface area contributed by atoms with Gasteiger partial charge < -0.3 is 14.6 Å². The smallest absolute Gasteiger partial charge is 0.250 e. The molecule has 1 unspecified atom stereocenters. The van der Waals surface area contributed by atoms with Crippen molar-refractivity contribution in [1.82, 2.24) is 14.5 Å². The lowest BCUT2D eigenvalue weighted by atomic mass is 9.89. The van der Waals surface area contributed by atoms with Gasteiger partial charge in [0.15, 0.2) is 11.6 Å². The lowest BCUT2D eigenvalue weighted by molar-refractivity contribution is -0.135. The summed E-state index contributed by atoms with van der Waals surface area (Å²) in [5, 5.41) is 10.4. The minimum absolute atomic E-state index is 0.0496. The highest BCUT2D eigenvalue weighted by molar-refractivity contribution is 5.99. The van der Waals surface area contributed by atoms with Gasteiger partial charge in [0.2, 0.25) is 5.91 Å². The van der Waals surface area contributed by atoms with Crippen LogP contribution in [0.2, 0.25) is 0 Å². The zero-order valence-corrected chi connectivity index (χ0v) is 19.2. The van der Waals surface area contributed by atoms with Crippen molar-refractivity contribution in [1.29, 1.82) is 0 Å². The van der Waals surface area contributed by atoms with Crippen LogP contribution in [0.25, 0.3) is 11.8 Å². The molecule has 0 radical (unpaired) electrons. The van der Waals surface area contributed by atoms with Crippen LogP contribution in [0.4, 0.5) is 13.2 Å². The van der Waals surface area contributed by atoms with Crippen molar-refractivity contribution in [2.24, 2.45) is 5.92 Å². The molecule has 0 aliphatic carbocycles. The maximum Gasteiger partial charge on any atom is 0.250 e. The molecule has 1 amide bonds. The number of aryl methyl sites for hydroxylation is 1. The Balaban J connectivity index is 1.66. The van der Waals surface area contributed by atoms with Gasteiger partial charge in [0.05, 0.1) is 29.9 Å². The summed E-state index contributed by atoms with van der Waals surface area (Å²) in [4.78, 5) is 19.0. The molecule has 2 aromatic carbocycles. The molecule has 4 rings (SSSR count). The average Bonchev–Trinajstić information content (AvgIpc) is 3.19. The molecule has 1 fully saturated rings. The predicted octanol–water partition coefficient (Wildman–Crippen LogP) is 4.97. The lowest BCUT2D eigenvalue weighted by Gasteiger charge is -2.40. The Morgan fingerprint density at radius 1 is 1.12 bits per heavy atom. The van der Waals surface area contributed by atoms with E-state index in [-0.39, 0.29) is 11.8 Å². The standard InChI is InChI=1S/C26H26F3N3O2/c1-15-8-20(9-18-4-7-24(23(29)10-18)31-13-16(2)30-14-31)26(34)32(12-15)25(17(3)33)19-5-6-21(27)22(28)11-19/h4-7,9-11,13-15,17,25,33H,8,12H2,1-3H3/b20-9+/t15?,17-,25+/m1/s1. The van der Waals surface area contributed by atoms with Gasteiger partial charge in [-0.1, -0.05) is 19.1 Å². The highest BCUT2D eigenvalue weighted by atomic mass is 19.2. The normalized spacial score (nSPS) is 19.5. The van der Waals surface area contributed by atoms with Crippen LogP contribution in [0.5, 0.6) is 0 Å². The second-order valence-corrected chi connectivity index (χ2v) is 8.93. The van der Waals surface area contributed by atoms with E-state index in [1.807, 2.05) is 13.8 Å². The number of carbonyl (C=O) groups is 1. The van der Waals surface area contributed by atoms with Crippen LogP contribution in [0.3, 0.4) is 0 Å². The van der Waals surface area contributed by atoms with Crippen LogP contribution in [0, 0.1) is 30.3 Å². The van der Waals surface area contributed by atoms with Crippen LogP contribution >= 0.6 is 0 Å². The number of hydrogen-bond acceptors (Lipinski definition) is 3. The van der Waals surface area contributed by atoms with Crippen molar-refractivity contribution in [2.75, 3.05) is 6.54 Å². The number of halogens is 3. The van der Waals surface area contributed by atoms with Crippen molar-refractivity contribution in [2.45, 2.75) is 39.3 Å². The second kappa shape index (κ2) is 9.46.